The average molecular weight is 533 g/mol. The van der Waals surface area contributed by atoms with Gasteiger partial charge in [-0.25, -0.2) is 8.42 Å². The van der Waals surface area contributed by atoms with Gasteiger partial charge in [0.1, 0.15) is 0 Å². The smallest absolute Gasteiger partial charge is 0.323 e. The van der Waals surface area contributed by atoms with E-state index in [-0.39, 0.29) is 36.3 Å². The third kappa shape index (κ3) is 4.85. The fraction of sp³-hybridized carbons (Fsp3) is 0.591. The Balaban J connectivity index is 2.63. The molecule has 10 heteroatoms. The van der Waals surface area contributed by atoms with Gasteiger partial charge in [0.15, 0.2) is 15.3 Å². The van der Waals surface area contributed by atoms with Gasteiger partial charge < -0.3 is 14.2 Å². The van der Waals surface area contributed by atoms with Gasteiger partial charge in [-0.1, -0.05) is 33.6 Å². The Kier molecular flexibility index (Phi) is 8.50. The zero-order valence-corrected chi connectivity index (χ0v) is 21.1. The van der Waals surface area contributed by atoms with Gasteiger partial charge in [-0.05, 0) is 51.7 Å². The van der Waals surface area contributed by atoms with Crippen LogP contribution in [0, 0.1) is 23.7 Å². The largest absolute Gasteiger partial charge is 0.469 e. The highest BCUT2D eigenvalue weighted by molar-refractivity contribution is 9.09. The molecule has 0 unspecified atom stereocenters. The first-order valence-electron chi connectivity index (χ1n) is 10.3. The summed E-state index contributed by atoms with van der Waals surface area (Å²) in [5.74, 6) is -3.77. The maximum absolute atomic E-state index is 13.3. The number of rotatable bonds is 9. The summed E-state index contributed by atoms with van der Waals surface area (Å²) >= 11 is 3.34. The molecule has 1 fully saturated rings. The monoisotopic (exact) mass is 532 g/mol. The van der Waals surface area contributed by atoms with Crippen LogP contribution in [0.25, 0.3) is 0 Å². The van der Waals surface area contributed by atoms with E-state index < -0.39 is 50.2 Å². The van der Waals surface area contributed by atoms with Gasteiger partial charge in [0, 0.05) is 5.33 Å². The van der Waals surface area contributed by atoms with Crippen LogP contribution in [0.5, 0.6) is 0 Å². The molecule has 32 heavy (non-hydrogen) atoms. The molecule has 0 radical (unpaired) electrons. The van der Waals surface area contributed by atoms with E-state index in [2.05, 4.69) is 15.9 Å². The molecule has 0 aromatic heterocycles. The summed E-state index contributed by atoms with van der Waals surface area (Å²) in [6.07, 6.45) is -0.486. The van der Waals surface area contributed by atoms with E-state index in [0.717, 1.165) is 12.7 Å². The number of hydrogen-bond acceptors (Lipinski definition) is 8. The fourth-order valence-electron chi connectivity index (χ4n) is 4.34. The molecule has 8 nitrogen and oxygen atoms in total. The van der Waals surface area contributed by atoms with Crippen LogP contribution in [0.4, 0.5) is 0 Å². The molecule has 1 saturated carbocycles. The molecule has 0 saturated heterocycles. The van der Waals surface area contributed by atoms with Crippen LogP contribution in [-0.4, -0.2) is 57.7 Å². The van der Waals surface area contributed by atoms with E-state index in [0.29, 0.717) is 0 Å². The van der Waals surface area contributed by atoms with Gasteiger partial charge >= 0.3 is 17.9 Å². The Morgan fingerprint density at radius 1 is 1.03 bits per heavy atom. The SMILES string of the molecule is CCOC(=O)C1(C(=O)OCC)C[C@H](CBr)[C@@](CS(=O)(=O)c2ccc(C)cc2)(C(=O)OC)C1. The van der Waals surface area contributed by atoms with Crippen LogP contribution in [0.2, 0.25) is 0 Å². The zero-order chi connectivity index (χ0) is 24.2. The number of aryl methyl sites for hydroxylation is 1. The normalized spacial score (nSPS) is 22.2. The molecular formula is C22H29BrO8S. The minimum absolute atomic E-state index is 0.0197. The van der Waals surface area contributed by atoms with Gasteiger partial charge in [0.2, 0.25) is 0 Å². The minimum Gasteiger partial charge on any atom is -0.469 e. The molecule has 0 amide bonds. The van der Waals surface area contributed by atoms with Crippen molar-refractivity contribution >= 4 is 43.7 Å². The summed E-state index contributed by atoms with van der Waals surface area (Å²) in [6.45, 7) is 5.07. The summed E-state index contributed by atoms with van der Waals surface area (Å²) < 4.78 is 42.0. The second-order valence-electron chi connectivity index (χ2n) is 7.98. The first-order valence-corrected chi connectivity index (χ1v) is 13.1. The predicted octanol–water partition coefficient (Wildman–Crippen LogP) is 2.85. The Morgan fingerprint density at radius 3 is 2.00 bits per heavy atom. The van der Waals surface area contributed by atoms with Crippen molar-refractivity contribution in [2.24, 2.45) is 16.7 Å². The number of methoxy groups -OCH3 is 1. The molecule has 1 aliphatic carbocycles. The van der Waals surface area contributed by atoms with Crippen molar-refractivity contribution in [2.45, 2.75) is 38.5 Å². The summed E-state index contributed by atoms with van der Waals surface area (Å²) in [5.41, 5.74) is -2.57. The predicted molar refractivity (Wildman–Crippen MR) is 120 cm³/mol. The summed E-state index contributed by atoms with van der Waals surface area (Å²) in [6, 6.07) is 6.26. The van der Waals surface area contributed by atoms with E-state index in [1.807, 2.05) is 6.92 Å². The average Bonchev–Trinajstić information content (AvgIpc) is 3.09. The molecular weight excluding hydrogens is 504 g/mol. The number of esters is 3. The Bertz CT molecular complexity index is 939. The van der Waals surface area contributed by atoms with E-state index in [1.54, 1.807) is 26.0 Å². The molecule has 0 N–H and O–H groups in total. The Morgan fingerprint density at radius 2 is 1.56 bits per heavy atom. The number of hydrogen-bond donors (Lipinski definition) is 0. The molecule has 2 rings (SSSR count). The van der Waals surface area contributed by atoms with Crippen molar-refractivity contribution in [3.05, 3.63) is 29.8 Å². The molecule has 178 valence electrons. The first-order chi connectivity index (χ1) is 15.0. The number of carbonyl (C=O) groups is 3. The molecule has 0 spiro atoms. The third-order valence-electron chi connectivity index (χ3n) is 5.93. The van der Waals surface area contributed by atoms with E-state index in [9.17, 15) is 22.8 Å². The van der Waals surface area contributed by atoms with Gasteiger partial charge in [-0.3, -0.25) is 14.4 Å². The number of halogens is 1. The highest BCUT2D eigenvalue weighted by Crippen LogP contribution is 2.57. The lowest BCUT2D eigenvalue weighted by Crippen LogP contribution is -2.45. The number of alkyl halides is 1. The topological polar surface area (TPSA) is 113 Å². The highest BCUT2D eigenvalue weighted by atomic mass is 79.9. The standard InChI is InChI=1S/C22H29BrO8S/c1-5-30-19(25)21(20(26)31-6-2)11-16(12-23)22(13-21,18(24)29-4)14-32(27,28)17-9-7-15(3)8-10-17/h7-10,16H,5-6,11-14H2,1-4H3/t16-,22-/m1/s1. The maximum atomic E-state index is 13.3. The molecule has 1 aromatic rings. The number of carbonyl (C=O) groups excluding carboxylic acids is 3. The van der Waals surface area contributed by atoms with Gasteiger partial charge in [-0.2, -0.15) is 0 Å². The van der Waals surface area contributed by atoms with Crippen molar-refractivity contribution in [2.75, 3.05) is 31.4 Å². The van der Waals surface area contributed by atoms with Crippen LogP contribution in [0.15, 0.2) is 29.2 Å². The van der Waals surface area contributed by atoms with E-state index in [4.69, 9.17) is 14.2 Å². The second kappa shape index (κ2) is 10.3. The van der Waals surface area contributed by atoms with E-state index in [1.165, 1.54) is 12.1 Å². The molecule has 1 aliphatic rings. The molecule has 2 atom stereocenters. The highest BCUT2D eigenvalue weighted by Gasteiger charge is 2.67. The molecule has 0 heterocycles. The van der Waals surface area contributed by atoms with Crippen molar-refractivity contribution in [1.82, 2.24) is 0 Å². The lowest BCUT2D eigenvalue weighted by molar-refractivity contribution is -0.172. The lowest BCUT2D eigenvalue weighted by atomic mass is 9.78. The van der Waals surface area contributed by atoms with Crippen LogP contribution in [-0.2, 0) is 38.4 Å². The van der Waals surface area contributed by atoms with Gasteiger partial charge in [0.05, 0.1) is 36.4 Å². The summed E-state index contributed by atoms with van der Waals surface area (Å²) in [5, 5.41) is 0.173. The Hall–Kier alpha value is -1.94. The van der Waals surface area contributed by atoms with Gasteiger partial charge in [0.25, 0.3) is 0 Å². The molecule has 0 aliphatic heterocycles. The molecule has 1 aromatic carbocycles. The van der Waals surface area contributed by atoms with Gasteiger partial charge in [-0.15, -0.1) is 0 Å². The summed E-state index contributed by atoms with van der Waals surface area (Å²) in [4.78, 5) is 39.1. The first kappa shape index (κ1) is 26.3. The number of sulfone groups is 1. The van der Waals surface area contributed by atoms with E-state index >= 15 is 0 Å². The van der Waals surface area contributed by atoms with Crippen LogP contribution >= 0.6 is 15.9 Å². The number of benzene rings is 1. The summed E-state index contributed by atoms with van der Waals surface area (Å²) in [7, 11) is -2.81. The third-order valence-corrected chi connectivity index (χ3v) is 8.60. The fourth-order valence-corrected chi connectivity index (χ4v) is 7.04. The quantitative estimate of drug-likeness (QED) is 0.206. The van der Waals surface area contributed by atoms with Crippen LogP contribution < -0.4 is 0 Å². The molecule has 0 bridgehead atoms. The zero-order valence-electron chi connectivity index (χ0n) is 18.7. The second-order valence-corrected chi connectivity index (χ2v) is 10.6. The Labute approximate surface area is 197 Å². The minimum atomic E-state index is -3.97. The van der Waals surface area contributed by atoms with Crippen molar-refractivity contribution in [3.63, 3.8) is 0 Å². The number of ether oxygens (including phenoxy) is 3. The van der Waals surface area contributed by atoms with Crippen LogP contribution in [0.1, 0.15) is 32.3 Å². The van der Waals surface area contributed by atoms with Crippen molar-refractivity contribution in [1.29, 1.82) is 0 Å². The van der Waals surface area contributed by atoms with Crippen molar-refractivity contribution < 1.29 is 37.0 Å². The van der Waals surface area contributed by atoms with Crippen LogP contribution in [0.3, 0.4) is 0 Å². The maximum Gasteiger partial charge on any atom is 0.323 e. The van der Waals surface area contributed by atoms with Crippen molar-refractivity contribution in [3.8, 4) is 0 Å². The lowest BCUT2D eigenvalue weighted by Gasteiger charge is -2.32.